The highest BCUT2D eigenvalue weighted by molar-refractivity contribution is 8.15. The van der Waals surface area contributed by atoms with Gasteiger partial charge in [0, 0.05) is 18.7 Å². The molecule has 152 valence electrons. The van der Waals surface area contributed by atoms with Crippen LogP contribution in [0.5, 0.6) is 0 Å². The first-order valence-corrected chi connectivity index (χ1v) is 10.9. The first-order chi connectivity index (χ1) is 14.1. The molecule has 2 aromatic rings. The van der Waals surface area contributed by atoms with Crippen LogP contribution >= 0.6 is 11.8 Å². The summed E-state index contributed by atoms with van der Waals surface area (Å²) in [5.74, 6) is -0.180. The molecule has 2 aromatic carbocycles. The van der Waals surface area contributed by atoms with E-state index in [0.717, 1.165) is 36.2 Å². The largest absolute Gasteiger partial charge is 0.326 e. The van der Waals surface area contributed by atoms with Crippen LogP contribution in [0.15, 0.2) is 59.6 Å². The number of hydrogen-bond donors (Lipinski definition) is 1. The van der Waals surface area contributed by atoms with Crippen LogP contribution in [0, 0.1) is 6.92 Å². The Hall–Kier alpha value is -2.60. The summed E-state index contributed by atoms with van der Waals surface area (Å²) in [4.78, 5) is 32.0. The minimum atomic E-state index is -0.442. The molecule has 5 nitrogen and oxygen atoms in total. The molecular formula is C23H27N3O2S. The van der Waals surface area contributed by atoms with Crippen molar-refractivity contribution in [3.63, 3.8) is 0 Å². The third kappa shape index (κ3) is 5.70. The van der Waals surface area contributed by atoms with Gasteiger partial charge >= 0.3 is 0 Å². The molecule has 0 bridgehead atoms. The number of aliphatic imine (C=N–C) groups is 1. The fraction of sp³-hybridized carbons (Fsp3) is 0.348. The lowest BCUT2D eigenvalue weighted by Gasteiger charge is -2.16. The van der Waals surface area contributed by atoms with E-state index in [0.29, 0.717) is 11.7 Å². The number of nitrogens with one attached hydrogen (secondary N) is 1. The van der Waals surface area contributed by atoms with Gasteiger partial charge in [0.25, 0.3) is 0 Å². The summed E-state index contributed by atoms with van der Waals surface area (Å²) in [6.45, 7) is 4.73. The average molecular weight is 410 g/mol. The quantitative estimate of drug-likeness (QED) is 0.614. The van der Waals surface area contributed by atoms with Gasteiger partial charge < -0.3 is 5.32 Å². The van der Waals surface area contributed by atoms with Gasteiger partial charge in [-0.25, -0.2) is 4.99 Å². The maximum absolute atomic E-state index is 13.0. The molecule has 0 aromatic heterocycles. The van der Waals surface area contributed by atoms with E-state index >= 15 is 0 Å². The Kier molecular flexibility index (Phi) is 7.47. The molecule has 1 N–H and O–H groups in total. The predicted molar refractivity (Wildman–Crippen MR) is 121 cm³/mol. The lowest BCUT2D eigenvalue weighted by atomic mass is 10.2. The first-order valence-electron chi connectivity index (χ1n) is 10.1. The minimum absolute atomic E-state index is 0.0271. The van der Waals surface area contributed by atoms with Crippen molar-refractivity contribution in [3.05, 3.63) is 60.2 Å². The second kappa shape index (κ2) is 10.3. The van der Waals surface area contributed by atoms with Gasteiger partial charge in [0.2, 0.25) is 11.8 Å². The Balaban J connectivity index is 1.72. The molecule has 0 unspecified atom stereocenters. The molecule has 0 aliphatic carbocycles. The monoisotopic (exact) mass is 409 g/mol. The summed E-state index contributed by atoms with van der Waals surface area (Å²) in [5, 5.41) is 3.17. The number of carbonyl (C=O) groups excluding carboxylic acids is 2. The maximum Gasteiger partial charge on any atom is 0.242 e. The van der Waals surface area contributed by atoms with Crippen LogP contribution in [-0.4, -0.2) is 33.7 Å². The number of amidine groups is 1. The number of amides is 2. The van der Waals surface area contributed by atoms with Crippen LogP contribution < -0.4 is 5.32 Å². The Morgan fingerprint density at radius 3 is 2.55 bits per heavy atom. The van der Waals surface area contributed by atoms with Crippen molar-refractivity contribution in [3.8, 4) is 0 Å². The number of anilines is 1. The Morgan fingerprint density at radius 1 is 1.10 bits per heavy atom. The Morgan fingerprint density at radius 2 is 1.83 bits per heavy atom. The van der Waals surface area contributed by atoms with Crippen LogP contribution in [-0.2, 0) is 9.59 Å². The van der Waals surface area contributed by atoms with E-state index in [-0.39, 0.29) is 18.2 Å². The second-order valence-electron chi connectivity index (χ2n) is 7.10. The van der Waals surface area contributed by atoms with E-state index in [1.807, 2.05) is 61.5 Å². The van der Waals surface area contributed by atoms with Gasteiger partial charge in [0.1, 0.15) is 5.25 Å². The zero-order valence-electron chi connectivity index (χ0n) is 16.9. The first kappa shape index (κ1) is 21.1. The summed E-state index contributed by atoms with van der Waals surface area (Å²) >= 11 is 1.39. The summed E-state index contributed by atoms with van der Waals surface area (Å²) in [7, 11) is 0. The highest BCUT2D eigenvalue weighted by Gasteiger charge is 2.38. The summed E-state index contributed by atoms with van der Waals surface area (Å²) in [6, 6.07) is 17.3. The number of nitrogens with zero attached hydrogens (tertiary/aromatic N) is 2. The third-order valence-electron chi connectivity index (χ3n) is 4.78. The highest BCUT2D eigenvalue weighted by atomic mass is 32.2. The molecule has 1 saturated heterocycles. The maximum atomic E-state index is 13.0. The van der Waals surface area contributed by atoms with Crippen molar-refractivity contribution in [2.45, 2.75) is 44.8 Å². The Labute approximate surface area is 176 Å². The molecule has 1 aliphatic rings. The third-order valence-corrected chi connectivity index (χ3v) is 5.95. The lowest BCUT2D eigenvalue weighted by Crippen LogP contribution is -2.34. The summed E-state index contributed by atoms with van der Waals surface area (Å²) in [6.07, 6.45) is 3.21. The highest BCUT2D eigenvalue weighted by Crippen LogP contribution is 2.32. The van der Waals surface area contributed by atoms with Crippen molar-refractivity contribution >= 4 is 40.1 Å². The molecule has 1 aliphatic heterocycles. The van der Waals surface area contributed by atoms with Crippen molar-refractivity contribution in [1.29, 1.82) is 0 Å². The van der Waals surface area contributed by atoms with E-state index in [9.17, 15) is 9.59 Å². The van der Waals surface area contributed by atoms with Crippen LogP contribution in [0.3, 0.4) is 0 Å². The molecule has 3 rings (SSSR count). The number of thioether (sulfide) groups is 1. The zero-order chi connectivity index (χ0) is 20.6. The van der Waals surface area contributed by atoms with E-state index < -0.39 is 5.25 Å². The molecule has 2 amide bonds. The zero-order valence-corrected chi connectivity index (χ0v) is 17.7. The van der Waals surface area contributed by atoms with Gasteiger partial charge in [-0.3, -0.25) is 14.5 Å². The number of benzene rings is 2. The smallest absolute Gasteiger partial charge is 0.242 e. The van der Waals surface area contributed by atoms with Gasteiger partial charge in [-0.1, -0.05) is 67.9 Å². The van der Waals surface area contributed by atoms with E-state index in [4.69, 9.17) is 0 Å². The minimum Gasteiger partial charge on any atom is -0.326 e. The molecular weight excluding hydrogens is 382 g/mol. The number of rotatable bonds is 8. The van der Waals surface area contributed by atoms with Crippen LogP contribution in [0.4, 0.5) is 11.4 Å². The topological polar surface area (TPSA) is 61.8 Å². The number of para-hydroxylation sites is 2. The molecule has 1 fully saturated rings. The molecule has 29 heavy (non-hydrogen) atoms. The summed E-state index contributed by atoms with van der Waals surface area (Å²) < 4.78 is 0. The standard InChI is InChI=1S/C23H27N3O2S/c1-3-4-10-15-26-22(28)20(29-23(26)24-18-12-6-5-7-13-18)16-21(27)25-19-14-9-8-11-17(19)2/h5-9,11-14,20H,3-4,10,15-16H2,1-2H3,(H,25,27)/t20-/m1/s1. The van der Waals surface area contributed by atoms with Crippen LogP contribution in [0.1, 0.15) is 38.2 Å². The molecule has 1 heterocycles. The fourth-order valence-electron chi connectivity index (χ4n) is 3.15. The number of unbranched alkanes of at least 4 members (excludes halogenated alkanes) is 2. The Bertz CT molecular complexity index is 883. The van der Waals surface area contributed by atoms with Gasteiger partial charge in [0.15, 0.2) is 5.17 Å². The van der Waals surface area contributed by atoms with Crippen molar-refractivity contribution in [2.24, 2.45) is 4.99 Å². The summed E-state index contributed by atoms with van der Waals surface area (Å²) in [5.41, 5.74) is 2.60. The number of hydrogen-bond acceptors (Lipinski definition) is 4. The van der Waals surface area contributed by atoms with Gasteiger partial charge in [-0.2, -0.15) is 0 Å². The second-order valence-corrected chi connectivity index (χ2v) is 8.27. The lowest BCUT2D eigenvalue weighted by molar-refractivity contribution is -0.128. The van der Waals surface area contributed by atoms with Crippen LogP contribution in [0.2, 0.25) is 0 Å². The van der Waals surface area contributed by atoms with Crippen molar-refractivity contribution in [2.75, 3.05) is 11.9 Å². The van der Waals surface area contributed by atoms with Crippen molar-refractivity contribution in [1.82, 2.24) is 4.90 Å². The van der Waals surface area contributed by atoms with Gasteiger partial charge in [-0.15, -0.1) is 0 Å². The molecule has 1 atom stereocenters. The number of aryl methyl sites for hydroxylation is 1. The van der Waals surface area contributed by atoms with Gasteiger partial charge in [0.05, 0.1) is 5.69 Å². The fourth-order valence-corrected chi connectivity index (χ4v) is 4.33. The normalized spacial score (nSPS) is 17.7. The molecule has 0 radical (unpaired) electrons. The van der Waals surface area contributed by atoms with Crippen molar-refractivity contribution < 1.29 is 9.59 Å². The molecule has 6 heteroatoms. The molecule has 0 saturated carbocycles. The predicted octanol–water partition coefficient (Wildman–Crippen LogP) is 5.15. The number of carbonyl (C=O) groups is 2. The van der Waals surface area contributed by atoms with E-state index in [2.05, 4.69) is 17.2 Å². The van der Waals surface area contributed by atoms with E-state index in [1.54, 1.807) is 4.90 Å². The average Bonchev–Trinajstić information content (AvgIpc) is 2.99. The van der Waals surface area contributed by atoms with E-state index in [1.165, 1.54) is 11.8 Å². The van der Waals surface area contributed by atoms with Crippen LogP contribution in [0.25, 0.3) is 0 Å². The molecule has 0 spiro atoms. The SMILES string of the molecule is CCCCCN1C(=O)[C@@H](CC(=O)Nc2ccccc2C)SC1=Nc1ccccc1. The van der Waals surface area contributed by atoms with Gasteiger partial charge in [-0.05, 0) is 37.1 Å².